The van der Waals surface area contributed by atoms with Crippen LogP contribution in [0, 0.1) is 0 Å². The number of nitrogens with zero attached hydrogens (tertiary/aromatic N) is 6. The fourth-order valence-electron chi connectivity index (χ4n) is 3.89. The number of carbonyl (C=O) groups is 1. The molecule has 1 aliphatic heterocycles. The van der Waals surface area contributed by atoms with Crippen LogP contribution in [0.3, 0.4) is 0 Å². The van der Waals surface area contributed by atoms with Gasteiger partial charge in [0, 0.05) is 38.8 Å². The standard InChI is InChI=1S/C22H33N7O2/c1-4-20(18-9-7-6-8-10-18)27-11-13-28(14-12-27)22(23-5-2)24-15-19-16-29(26-25-19)17-21(30)31-3/h6-10,16,20H,4-5,11-15,17H2,1-3H3,(H,23,24). The Hall–Kier alpha value is -2.94. The summed E-state index contributed by atoms with van der Waals surface area (Å²) in [7, 11) is 1.36. The number of nitrogens with one attached hydrogen (secondary N) is 1. The highest BCUT2D eigenvalue weighted by Gasteiger charge is 2.25. The van der Waals surface area contributed by atoms with Crippen molar-refractivity contribution >= 4 is 11.9 Å². The SMILES string of the molecule is CCNC(=NCc1cn(CC(=O)OC)nn1)N1CCN(C(CC)c2ccccc2)CC1. The first-order valence-corrected chi connectivity index (χ1v) is 10.9. The summed E-state index contributed by atoms with van der Waals surface area (Å²) in [4.78, 5) is 21.0. The molecule has 1 aromatic heterocycles. The number of piperazine rings is 1. The highest BCUT2D eigenvalue weighted by molar-refractivity contribution is 5.80. The fraction of sp³-hybridized carbons (Fsp3) is 0.545. The van der Waals surface area contributed by atoms with E-state index < -0.39 is 0 Å². The van der Waals surface area contributed by atoms with E-state index in [4.69, 9.17) is 4.99 Å². The van der Waals surface area contributed by atoms with E-state index in [1.165, 1.54) is 17.4 Å². The van der Waals surface area contributed by atoms with Crippen molar-refractivity contribution in [1.82, 2.24) is 30.1 Å². The van der Waals surface area contributed by atoms with E-state index in [2.05, 4.69) is 74.3 Å². The molecule has 0 bridgehead atoms. The van der Waals surface area contributed by atoms with Gasteiger partial charge in [0.2, 0.25) is 0 Å². The minimum atomic E-state index is -0.355. The third kappa shape index (κ3) is 6.27. The molecule has 3 rings (SSSR count). The van der Waals surface area contributed by atoms with Crippen LogP contribution in [0.25, 0.3) is 0 Å². The van der Waals surface area contributed by atoms with Crippen LogP contribution in [0.1, 0.15) is 37.6 Å². The summed E-state index contributed by atoms with van der Waals surface area (Å²) in [5.41, 5.74) is 2.10. The van der Waals surface area contributed by atoms with E-state index in [-0.39, 0.29) is 12.5 Å². The molecule has 1 saturated heterocycles. The Kier molecular flexibility index (Phi) is 8.40. The predicted octanol–water partition coefficient (Wildman–Crippen LogP) is 1.69. The Morgan fingerprint density at radius 1 is 1.19 bits per heavy atom. The van der Waals surface area contributed by atoms with Crippen LogP contribution in [-0.4, -0.2) is 76.6 Å². The molecule has 2 heterocycles. The molecule has 1 aromatic carbocycles. The molecule has 9 nitrogen and oxygen atoms in total. The second kappa shape index (κ2) is 11.5. The second-order valence-corrected chi connectivity index (χ2v) is 7.51. The van der Waals surface area contributed by atoms with Gasteiger partial charge in [-0.25, -0.2) is 9.67 Å². The Morgan fingerprint density at radius 3 is 2.58 bits per heavy atom. The third-order valence-corrected chi connectivity index (χ3v) is 5.46. The van der Waals surface area contributed by atoms with Gasteiger partial charge < -0.3 is 15.0 Å². The number of carbonyl (C=O) groups excluding carboxylic acids is 1. The molecule has 0 amide bonds. The van der Waals surface area contributed by atoms with E-state index in [1.807, 2.05) is 0 Å². The molecule has 31 heavy (non-hydrogen) atoms. The van der Waals surface area contributed by atoms with Gasteiger partial charge in [0.1, 0.15) is 12.2 Å². The monoisotopic (exact) mass is 427 g/mol. The van der Waals surface area contributed by atoms with Crippen LogP contribution >= 0.6 is 0 Å². The van der Waals surface area contributed by atoms with E-state index in [9.17, 15) is 4.79 Å². The summed E-state index contributed by atoms with van der Waals surface area (Å²) >= 11 is 0. The molecule has 0 saturated carbocycles. The first kappa shape index (κ1) is 22.7. The largest absolute Gasteiger partial charge is 0.468 e. The second-order valence-electron chi connectivity index (χ2n) is 7.51. The summed E-state index contributed by atoms with van der Waals surface area (Å²) in [6.07, 6.45) is 2.83. The van der Waals surface area contributed by atoms with Crippen LogP contribution in [0.5, 0.6) is 0 Å². The summed E-state index contributed by atoms with van der Waals surface area (Å²) in [6.45, 7) is 9.41. The Balaban J connectivity index is 1.59. The van der Waals surface area contributed by atoms with Gasteiger partial charge in [-0.05, 0) is 18.9 Å². The van der Waals surface area contributed by atoms with Gasteiger partial charge in [-0.1, -0.05) is 42.5 Å². The average Bonchev–Trinajstić information content (AvgIpc) is 3.25. The minimum absolute atomic E-state index is 0.0508. The third-order valence-electron chi connectivity index (χ3n) is 5.46. The smallest absolute Gasteiger partial charge is 0.327 e. The molecule has 0 spiro atoms. The van der Waals surface area contributed by atoms with Crippen molar-refractivity contribution in [3.8, 4) is 0 Å². The number of aliphatic imine (C=N–C) groups is 1. The number of hydrogen-bond acceptors (Lipinski definition) is 6. The Bertz CT molecular complexity index is 845. The number of benzene rings is 1. The van der Waals surface area contributed by atoms with Gasteiger partial charge in [0.25, 0.3) is 0 Å². The molecule has 1 unspecified atom stereocenters. The highest BCUT2D eigenvalue weighted by Crippen LogP contribution is 2.25. The van der Waals surface area contributed by atoms with Crippen molar-refractivity contribution in [1.29, 1.82) is 0 Å². The first-order valence-electron chi connectivity index (χ1n) is 10.9. The maximum absolute atomic E-state index is 11.4. The predicted molar refractivity (Wildman–Crippen MR) is 119 cm³/mol. The van der Waals surface area contributed by atoms with Gasteiger partial charge in [0.05, 0.1) is 19.9 Å². The molecular formula is C22H33N7O2. The van der Waals surface area contributed by atoms with Crippen molar-refractivity contribution in [2.24, 2.45) is 4.99 Å². The normalized spacial score (nSPS) is 16.2. The van der Waals surface area contributed by atoms with Crippen molar-refractivity contribution in [2.45, 2.75) is 39.4 Å². The topological polar surface area (TPSA) is 87.9 Å². The minimum Gasteiger partial charge on any atom is -0.468 e. The summed E-state index contributed by atoms with van der Waals surface area (Å²) in [5.74, 6) is 0.532. The van der Waals surface area contributed by atoms with E-state index in [1.54, 1.807) is 6.20 Å². The van der Waals surface area contributed by atoms with Gasteiger partial charge in [0.15, 0.2) is 5.96 Å². The van der Waals surface area contributed by atoms with Gasteiger partial charge >= 0.3 is 5.97 Å². The highest BCUT2D eigenvalue weighted by atomic mass is 16.5. The number of methoxy groups -OCH3 is 1. The van der Waals surface area contributed by atoms with Crippen LogP contribution in [0.4, 0.5) is 0 Å². The lowest BCUT2D eigenvalue weighted by Gasteiger charge is -2.40. The molecule has 1 fully saturated rings. The van der Waals surface area contributed by atoms with Crippen LogP contribution in [0.2, 0.25) is 0 Å². The van der Waals surface area contributed by atoms with Gasteiger partial charge in [-0.2, -0.15) is 0 Å². The quantitative estimate of drug-likeness (QED) is 0.390. The van der Waals surface area contributed by atoms with Gasteiger partial charge in [-0.3, -0.25) is 9.69 Å². The van der Waals surface area contributed by atoms with Crippen molar-refractivity contribution in [2.75, 3.05) is 39.8 Å². The molecule has 1 atom stereocenters. The number of aromatic nitrogens is 3. The summed E-state index contributed by atoms with van der Waals surface area (Å²) in [5, 5.41) is 11.5. The summed E-state index contributed by atoms with van der Waals surface area (Å²) < 4.78 is 6.13. The zero-order valence-corrected chi connectivity index (χ0v) is 18.7. The van der Waals surface area contributed by atoms with Crippen LogP contribution < -0.4 is 5.32 Å². The van der Waals surface area contributed by atoms with E-state index in [0.29, 0.717) is 18.3 Å². The lowest BCUT2D eigenvalue weighted by molar-refractivity contribution is -0.141. The number of ether oxygens (including phenoxy) is 1. The Labute approximate surface area is 184 Å². The zero-order valence-electron chi connectivity index (χ0n) is 18.7. The maximum atomic E-state index is 11.4. The molecule has 9 heteroatoms. The molecule has 0 aliphatic carbocycles. The van der Waals surface area contributed by atoms with Crippen molar-refractivity contribution < 1.29 is 9.53 Å². The molecular weight excluding hydrogens is 394 g/mol. The molecule has 168 valence electrons. The number of rotatable bonds is 8. The van der Waals surface area contributed by atoms with Crippen LogP contribution in [0.15, 0.2) is 41.5 Å². The summed E-state index contributed by atoms with van der Waals surface area (Å²) in [6, 6.07) is 11.2. The number of esters is 1. The maximum Gasteiger partial charge on any atom is 0.327 e. The average molecular weight is 428 g/mol. The Morgan fingerprint density at radius 2 is 1.94 bits per heavy atom. The lowest BCUT2D eigenvalue weighted by Crippen LogP contribution is -2.53. The van der Waals surface area contributed by atoms with Crippen molar-refractivity contribution in [3.05, 3.63) is 47.8 Å². The number of guanidine groups is 1. The first-order chi connectivity index (χ1) is 15.1. The van der Waals surface area contributed by atoms with Crippen LogP contribution in [-0.2, 0) is 22.6 Å². The molecule has 1 aliphatic rings. The molecule has 0 radical (unpaired) electrons. The van der Waals surface area contributed by atoms with Gasteiger partial charge in [-0.15, -0.1) is 5.10 Å². The molecule has 1 N–H and O–H groups in total. The lowest BCUT2D eigenvalue weighted by atomic mass is 10.0. The van der Waals surface area contributed by atoms with E-state index >= 15 is 0 Å². The van der Waals surface area contributed by atoms with Crippen molar-refractivity contribution in [3.63, 3.8) is 0 Å². The zero-order chi connectivity index (χ0) is 22.1. The molecule has 2 aromatic rings. The number of hydrogen-bond donors (Lipinski definition) is 1. The van der Waals surface area contributed by atoms with E-state index in [0.717, 1.165) is 45.1 Å². The fourth-order valence-corrected chi connectivity index (χ4v) is 3.89.